The third kappa shape index (κ3) is 3.99. The first-order chi connectivity index (χ1) is 9.99. The van der Waals surface area contributed by atoms with Gasteiger partial charge in [-0.15, -0.1) is 0 Å². The average molecular weight is 304 g/mol. The lowest BCUT2D eigenvalue weighted by Gasteiger charge is -2.12. The van der Waals surface area contributed by atoms with Crippen molar-refractivity contribution in [2.75, 3.05) is 12.4 Å². The highest BCUT2D eigenvalue weighted by Gasteiger charge is 2.10. The Morgan fingerprint density at radius 1 is 1.24 bits per heavy atom. The standard InChI is InChI=1S/C17H18ClNO2/c1-11-7-12(2)17(15(18)8-11)19-16(20)10-13-5-4-6-14(9-13)21-3/h4-9H,10H2,1-3H3,(H,19,20). The lowest BCUT2D eigenvalue weighted by atomic mass is 10.1. The molecule has 0 aliphatic carbocycles. The maximum absolute atomic E-state index is 12.2. The van der Waals surface area contributed by atoms with E-state index >= 15 is 0 Å². The molecule has 0 aliphatic rings. The number of ether oxygens (including phenoxy) is 1. The van der Waals surface area contributed by atoms with E-state index < -0.39 is 0 Å². The largest absolute Gasteiger partial charge is 0.497 e. The molecule has 0 bridgehead atoms. The van der Waals surface area contributed by atoms with Crippen LogP contribution in [0.3, 0.4) is 0 Å². The first kappa shape index (κ1) is 15.4. The summed E-state index contributed by atoms with van der Waals surface area (Å²) < 4.78 is 5.15. The van der Waals surface area contributed by atoms with Crippen LogP contribution in [0.2, 0.25) is 5.02 Å². The van der Waals surface area contributed by atoms with Gasteiger partial charge in [0, 0.05) is 0 Å². The zero-order valence-corrected chi connectivity index (χ0v) is 13.1. The number of benzene rings is 2. The second-order valence-electron chi connectivity index (χ2n) is 5.02. The van der Waals surface area contributed by atoms with Crippen molar-refractivity contribution in [2.24, 2.45) is 0 Å². The Morgan fingerprint density at radius 3 is 2.67 bits per heavy atom. The molecule has 0 fully saturated rings. The van der Waals surface area contributed by atoms with Gasteiger partial charge in [-0.1, -0.05) is 29.8 Å². The van der Waals surface area contributed by atoms with Crippen LogP contribution in [0.4, 0.5) is 5.69 Å². The van der Waals surface area contributed by atoms with Gasteiger partial charge in [-0.3, -0.25) is 4.79 Å². The number of nitrogens with one attached hydrogen (secondary N) is 1. The number of hydrogen-bond donors (Lipinski definition) is 1. The fourth-order valence-corrected chi connectivity index (χ4v) is 2.59. The predicted octanol–water partition coefficient (Wildman–Crippen LogP) is 4.15. The van der Waals surface area contributed by atoms with E-state index in [1.807, 2.05) is 50.2 Å². The maximum Gasteiger partial charge on any atom is 0.228 e. The molecule has 1 N–H and O–H groups in total. The smallest absolute Gasteiger partial charge is 0.228 e. The summed E-state index contributed by atoms with van der Waals surface area (Å²) >= 11 is 6.19. The predicted molar refractivity (Wildman–Crippen MR) is 86.3 cm³/mol. The van der Waals surface area contributed by atoms with Crippen LogP contribution in [0, 0.1) is 13.8 Å². The van der Waals surface area contributed by atoms with E-state index in [-0.39, 0.29) is 12.3 Å². The van der Waals surface area contributed by atoms with Crippen molar-refractivity contribution in [3.63, 3.8) is 0 Å². The second kappa shape index (κ2) is 6.64. The Bertz CT molecular complexity index is 645. The molecule has 0 atom stereocenters. The van der Waals surface area contributed by atoms with Crippen molar-refractivity contribution in [3.8, 4) is 5.75 Å². The van der Waals surface area contributed by atoms with Crippen LogP contribution in [0.5, 0.6) is 5.75 Å². The minimum atomic E-state index is -0.0999. The fourth-order valence-electron chi connectivity index (χ4n) is 2.23. The number of anilines is 1. The van der Waals surface area contributed by atoms with E-state index in [1.165, 1.54) is 0 Å². The summed E-state index contributed by atoms with van der Waals surface area (Å²) in [5.74, 6) is 0.641. The summed E-state index contributed by atoms with van der Waals surface area (Å²) in [6, 6.07) is 11.3. The van der Waals surface area contributed by atoms with Gasteiger partial charge in [0.15, 0.2) is 0 Å². The van der Waals surface area contributed by atoms with Crippen molar-refractivity contribution in [1.29, 1.82) is 0 Å². The fraction of sp³-hybridized carbons (Fsp3) is 0.235. The van der Waals surface area contributed by atoms with Gasteiger partial charge in [-0.25, -0.2) is 0 Å². The quantitative estimate of drug-likeness (QED) is 0.921. The van der Waals surface area contributed by atoms with Gasteiger partial charge in [0.1, 0.15) is 5.75 Å². The molecule has 2 rings (SSSR count). The van der Waals surface area contributed by atoms with Crippen LogP contribution in [-0.4, -0.2) is 13.0 Å². The number of aryl methyl sites for hydroxylation is 2. The van der Waals surface area contributed by atoms with E-state index in [0.29, 0.717) is 10.7 Å². The third-order valence-electron chi connectivity index (χ3n) is 3.19. The van der Waals surface area contributed by atoms with Gasteiger partial charge in [0.05, 0.1) is 24.2 Å². The number of carbonyl (C=O) groups excluding carboxylic acids is 1. The monoisotopic (exact) mass is 303 g/mol. The molecule has 21 heavy (non-hydrogen) atoms. The normalized spacial score (nSPS) is 10.3. The first-order valence-electron chi connectivity index (χ1n) is 6.69. The van der Waals surface area contributed by atoms with E-state index in [1.54, 1.807) is 7.11 Å². The number of hydrogen-bond acceptors (Lipinski definition) is 2. The summed E-state index contributed by atoms with van der Waals surface area (Å²) in [4.78, 5) is 12.2. The number of rotatable bonds is 4. The van der Waals surface area contributed by atoms with Crippen LogP contribution in [0.15, 0.2) is 36.4 Å². The minimum absolute atomic E-state index is 0.0999. The van der Waals surface area contributed by atoms with E-state index in [4.69, 9.17) is 16.3 Å². The summed E-state index contributed by atoms with van der Waals surface area (Å²) in [6.07, 6.45) is 0.279. The molecule has 0 heterocycles. The lowest BCUT2D eigenvalue weighted by molar-refractivity contribution is -0.115. The van der Waals surface area contributed by atoms with Crippen LogP contribution in [0.1, 0.15) is 16.7 Å². The summed E-state index contributed by atoms with van der Waals surface area (Å²) in [5, 5.41) is 3.44. The van der Waals surface area contributed by atoms with Gasteiger partial charge in [-0.05, 0) is 48.7 Å². The molecule has 0 saturated carbocycles. The zero-order chi connectivity index (χ0) is 15.4. The third-order valence-corrected chi connectivity index (χ3v) is 3.49. The zero-order valence-electron chi connectivity index (χ0n) is 12.4. The van der Waals surface area contributed by atoms with Crippen LogP contribution in [-0.2, 0) is 11.2 Å². The second-order valence-corrected chi connectivity index (χ2v) is 5.42. The molecule has 3 nitrogen and oxygen atoms in total. The van der Waals surface area contributed by atoms with Gasteiger partial charge in [0.25, 0.3) is 0 Å². The molecule has 4 heteroatoms. The summed E-state index contributed by atoms with van der Waals surface area (Å²) in [6.45, 7) is 3.90. The molecular weight excluding hydrogens is 286 g/mol. The molecule has 1 amide bonds. The van der Waals surface area contributed by atoms with Crippen molar-refractivity contribution in [3.05, 3.63) is 58.1 Å². The van der Waals surface area contributed by atoms with Crippen molar-refractivity contribution in [2.45, 2.75) is 20.3 Å². The van der Waals surface area contributed by atoms with Gasteiger partial charge >= 0.3 is 0 Å². The van der Waals surface area contributed by atoms with E-state index in [9.17, 15) is 4.79 Å². The molecular formula is C17H18ClNO2. The minimum Gasteiger partial charge on any atom is -0.497 e. The first-order valence-corrected chi connectivity index (χ1v) is 7.07. The number of carbonyl (C=O) groups is 1. The Kier molecular flexibility index (Phi) is 4.86. The summed E-state index contributed by atoms with van der Waals surface area (Å²) in [7, 11) is 1.61. The van der Waals surface area contributed by atoms with Gasteiger partial charge < -0.3 is 10.1 Å². The Balaban J connectivity index is 2.12. The van der Waals surface area contributed by atoms with Crippen molar-refractivity contribution in [1.82, 2.24) is 0 Å². The molecule has 0 radical (unpaired) electrons. The van der Waals surface area contributed by atoms with Crippen LogP contribution >= 0.6 is 11.6 Å². The lowest BCUT2D eigenvalue weighted by Crippen LogP contribution is -2.15. The molecule has 0 unspecified atom stereocenters. The highest BCUT2D eigenvalue weighted by atomic mass is 35.5. The molecule has 0 spiro atoms. The topological polar surface area (TPSA) is 38.3 Å². The Labute approximate surface area is 129 Å². The van der Waals surface area contributed by atoms with Crippen LogP contribution < -0.4 is 10.1 Å². The SMILES string of the molecule is COc1cccc(CC(=O)Nc2c(C)cc(C)cc2Cl)c1. The molecule has 110 valence electrons. The highest BCUT2D eigenvalue weighted by Crippen LogP contribution is 2.27. The summed E-state index contributed by atoms with van der Waals surface area (Å²) in [5.41, 5.74) is 3.60. The molecule has 0 aromatic heterocycles. The van der Waals surface area contributed by atoms with Crippen molar-refractivity contribution >= 4 is 23.2 Å². The molecule has 2 aromatic rings. The van der Waals surface area contributed by atoms with Crippen molar-refractivity contribution < 1.29 is 9.53 Å². The van der Waals surface area contributed by atoms with Gasteiger partial charge in [-0.2, -0.15) is 0 Å². The molecule has 0 aliphatic heterocycles. The molecule has 2 aromatic carbocycles. The average Bonchev–Trinajstić information content (AvgIpc) is 2.43. The Morgan fingerprint density at radius 2 is 2.00 bits per heavy atom. The number of amides is 1. The van der Waals surface area contributed by atoms with Gasteiger partial charge in [0.2, 0.25) is 5.91 Å². The highest BCUT2D eigenvalue weighted by molar-refractivity contribution is 6.34. The van der Waals surface area contributed by atoms with E-state index in [0.717, 1.165) is 22.4 Å². The molecule has 0 saturated heterocycles. The Hall–Kier alpha value is -2.00. The van der Waals surface area contributed by atoms with Crippen LogP contribution in [0.25, 0.3) is 0 Å². The van der Waals surface area contributed by atoms with E-state index in [2.05, 4.69) is 5.32 Å². The maximum atomic E-state index is 12.2. The number of halogens is 1. The number of methoxy groups -OCH3 is 1.